The van der Waals surface area contributed by atoms with Gasteiger partial charge in [0.2, 0.25) is 0 Å². The van der Waals surface area contributed by atoms with E-state index in [9.17, 15) is 9.18 Å². The number of aromatic nitrogens is 2. The molecule has 5 rings (SSSR count). The summed E-state index contributed by atoms with van der Waals surface area (Å²) >= 11 is -0.843. The Hall–Kier alpha value is -2.13. The number of rotatable bonds is 3. The van der Waals surface area contributed by atoms with Gasteiger partial charge in [0.05, 0.1) is 0 Å². The van der Waals surface area contributed by atoms with Crippen molar-refractivity contribution in [3.63, 3.8) is 0 Å². The normalized spacial score (nSPS) is 18.4. The van der Waals surface area contributed by atoms with Gasteiger partial charge in [0, 0.05) is 0 Å². The molecule has 4 N–H and O–H groups in total. The predicted molar refractivity (Wildman–Crippen MR) is 107 cm³/mol. The number of carbonyl (C=O) groups is 1. The van der Waals surface area contributed by atoms with Crippen molar-refractivity contribution in [3.8, 4) is 17.0 Å². The van der Waals surface area contributed by atoms with Gasteiger partial charge >= 0.3 is 201 Å². The van der Waals surface area contributed by atoms with E-state index in [1.54, 1.807) is 24.5 Å². The van der Waals surface area contributed by atoms with Gasteiger partial charge in [-0.3, -0.25) is 0 Å². The summed E-state index contributed by atoms with van der Waals surface area (Å²) in [5.74, 6) is -0.492. The number of alkyl halides is 1. The van der Waals surface area contributed by atoms with Crippen LogP contribution in [0.2, 0.25) is 0 Å². The molecule has 2 aliphatic rings. The molecule has 0 saturated heterocycles. The maximum atomic E-state index is 14.3. The van der Waals surface area contributed by atoms with Crippen molar-refractivity contribution in [2.24, 2.45) is 0 Å². The number of aromatic amines is 1. The Bertz CT molecular complexity index is 1170. The molecule has 164 valence electrons. The zero-order chi connectivity index (χ0) is 21.5. The molecular formula is C20H19FI2N6O2-2. The van der Waals surface area contributed by atoms with Gasteiger partial charge in [-0.25, -0.2) is 0 Å². The number of benzene rings is 1. The monoisotopic (exact) mass is 648 g/mol. The maximum absolute atomic E-state index is 14.3. The fourth-order valence-electron chi connectivity index (χ4n) is 3.71. The Morgan fingerprint density at radius 3 is 3.06 bits per heavy atom. The van der Waals surface area contributed by atoms with Gasteiger partial charge in [-0.1, -0.05) is 0 Å². The summed E-state index contributed by atoms with van der Waals surface area (Å²) in [6, 6.07) is 6.60. The number of hydrogen-bond donors (Lipinski definition) is 4. The molecule has 1 aromatic carbocycles. The average molecular weight is 648 g/mol. The minimum absolute atomic E-state index is 0.102. The van der Waals surface area contributed by atoms with E-state index in [1.807, 2.05) is 6.07 Å². The van der Waals surface area contributed by atoms with Crippen LogP contribution < -0.4 is 62.1 Å². The van der Waals surface area contributed by atoms with Crippen molar-refractivity contribution in [3.05, 3.63) is 53.7 Å². The van der Waals surface area contributed by atoms with Crippen molar-refractivity contribution >= 4 is 23.0 Å². The molecule has 0 spiro atoms. The number of H-pyrrole nitrogens is 1. The molecule has 0 saturated carbocycles. The topological polar surface area (TPSA) is 94.3 Å². The Morgan fingerprint density at radius 1 is 1.35 bits per heavy atom. The molecule has 0 aliphatic carbocycles. The molecule has 0 fully saturated rings. The van der Waals surface area contributed by atoms with Gasteiger partial charge < -0.3 is 0 Å². The predicted octanol–water partition coefficient (Wildman–Crippen LogP) is -3.14. The van der Waals surface area contributed by atoms with Gasteiger partial charge in [-0.2, -0.15) is 0 Å². The number of para-hydroxylation sites is 1. The molecule has 3 aromatic rings. The fraction of sp³-hybridized carbons (Fsp3) is 0.200. The number of anilines is 3. The second-order valence-corrected chi connectivity index (χ2v) is 14.7. The van der Waals surface area contributed by atoms with Gasteiger partial charge in [-0.15, -0.1) is 0 Å². The van der Waals surface area contributed by atoms with Crippen molar-refractivity contribution < 1.29 is 57.2 Å². The number of fused-ring (bicyclic) bond motifs is 4. The second kappa shape index (κ2) is 8.43. The Labute approximate surface area is 199 Å². The van der Waals surface area contributed by atoms with E-state index in [2.05, 4.69) is 32.5 Å². The molecule has 0 unspecified atom stereocenters. The van der Waals surface area contributed by atoms with Crippen LogP contribution in [0.3, 0.4) is 0 Å². The van der Waals surface area contributed by atoms with E-state index in [0.29, 0.717) is 16.9 Å². The number of amides is 1. The van der Waals surface area contributed by atoms with E-state index in [4.69, 9.17) is 4.74 Å². The molecule has 1 atom stereocenters. The summed E-state index contributed by atoms with van der Waals surface area (Å²) in [7, 11) is 3.53. The van der Waals surface area contributed by atoms with Crippen molar-refractivity contribution in [2.75, 3.05) is 23.0 Å². The molecule has 31 heavy (non-hydrogen) atoms. The minimum atomic E-state index is -0.471. The van der Waals surface area contributed by atoms with Crippen LogP contribution in [-0.2, 0) is 6.42 Å². The van der Waals surface area contributed by atoms with Crippen LogP contribution in [0.4, 0.5) is 21.5 Å². The summed E-state index contributed by atoms with van der Waals surface area (Å²) in [5, 5.41) is 6.45. The third-order valence-electron chi connectivity index (χ3n) is 5.01. The first-order valence-electron chi connectivity index (χ1n) is 9.42. The average Bonchev–Trinajstić information content (AvgIpc) is 3.10. The van der Waals surface area contributed by atoms with Gasteiger partial charge in [0.1, 0.15) is 0 Å². The molecule has 2 aliphatic heterocycles. The molecule has 11 heteroatoms. The van der Waals surface area contributed by atoms with Crippen LogP contribution in [0.15, 0.2) is 36.7 Å². The van der Waals surface area contributed by atoms with Crippen LogP contribution in [0.25, 0.3) is 11.3 Å². The first kappa shape index (κ1) is 20.8. The second-order valence-electron chi connectivity index (χ2n) is 6.92. The molecule has 2 aromatic heterocycles. The Kier molecular flexibility index (Phi) is 5.64. The number of pyridine rings is 1. The summed E-state index contributed by atoms with van der Waals surface area (Å²) in [6.45, 7) is 0. The molecule has 3 bridgehead atoms. The summed E-state index contributed by atoms with van der Waals surface area (Å²) in [5.41, 5.74) is 5.08. The third kappa shape index (κ3) is 3.82. The fourth-order valence-corrected chi connectivity index (χ4v) is 9.84. The van der Waals surface area contributed by atoms with E-state index < -0.39 is 27.6 Å². The molecule has 4 heterocycles. The number of nitrogens with zero attached hydrogens (tertiary/aromatic N) is 2. The van der Waals surface area contributed by atoms with Crippen LogP contribution in [0.1, 0.15) is 16.1 Å². The molecule has 0 radical (unpaired) electrons. The molecule has 8 nitrogen and oxygen atoms in total. The quantitative estimate of drug-likeness (QED) is 0.104. The van der Waals surface area contributed by atoms with E-state index in [-0.39, 0.29) is 37.2 Å². The number of halogens is 3. The Morgan fingerprint density at radius 2 is 2.23 bits per heavy atom. The number of nitrogens with one attached hydrogen (secondary N) is 4. The summed E-state index contributed by atoms with van der Waals surface area (Å²) < 4.78 is 25.6. The van der Waals surface area contributed by atoms with Crippen molar-refractivity contribution in [1.29, 1.82) is 0 Å². The zero-order valence-electron chi connectivity index (χ0n) is 16.6. The van der Waals surface area contributed by atoms with Crippen LogP contribution >= 0.6 is 0 Å². The summed E-state index contributed by atoms with van der Waals surface area (Å²) in [4.78, 5) is 20.9. The number of hydrogen-bond acceptors (Lipinski definition) is 6. The first-order valence-corrected chi connectivity index (χ1v) is 13.7. The van der Waals surface area contributed by atoms with Gasteiger partial charge in [0.25, 0.3) is 0 Å². The molecular weight excluding hydrogens is 629 g/mol. The van der Waals surface area contributed by atoms with E-state index >= 15 is 0 Å². The van der Waals surface area contributed by atoms with Gasteiger partial charge in [0.15, 0.2) is 0 Å². The number of methoxy groups -OCH3 is 1. The Balaban J connectivity index is 1.71. The van der Waals surface area contributed by atoms with E-state index in [1.165, 1.54) is 13.2 Å². The van der Waals surface area contributed by atoms with Crippen LogP contribution in [0.5, 0.6) is 5.75 Å². The van der Waals surface area contributed by atoms with Crippen LogP contribution in [0, 0.1) is 5.82 Å². The molecule has 1 amide bonds. The van der Waals surface area contributed by atoms with Crippen LogP contribution in [-0.4, -0.2) is 35.4 Å². The number of carbonyl (C=O) groups excluding carboxylic acids is 1. The van der Waals surface area contributed by atoms with Gasteiger partial charge in [-0.05, 0) is 0 Å². The third-order valence-corrected chi connectivity index (χ3v) is 11.3. The first-order chi connectivity index (χ1) is 15.0. The van der Waals surface area contributed by atoms with Crippen molar-refractivity contribution in [2.45, 2.75) is 10.5 Å². The van der Waals surface area contributed by atoms with Crippen molar-refractivity contribution in [1.82, 2.24) is 16.6 Å². The number of ether oxygens (including phenoxy) is 1. The SMILES string of the molecule is COc1c(F)cccc1Nc1c2[nH]c3c1C(=O)N[C@H](C3)[I-]N(C)[I-]Nc1cnccc1-2. The summed E-state index contributed by atoms with van der Waals surface area (Å²) in [6.07, 6.45) is 4.26. The van der Waals surface area contributed by atoms with E-state index in [0.717, 1.165) is 29.1 Å². The zero-order valence-corrected chi connectivity index (χ0v) is 20.9. The standard InChI is InChI=1S/C20H19FI2N6O2/c1-29-22-15-8-13-16(20(30)27-15)18(25-12-5-3-4-11(21)19(12)31-2)17(26-13)10-6-7-24-9-14(10)28-23-29/h3-7,9,15,25-26,28H,8H2,1-2H3,(H,27,30)/q-2/t15-/m1/s1.